The van der Waals surface area contributed by atoms with Crippen LogP contribution < -0.4 is 0 Å². The van der Waals surface area contributed by atoms with Gasteiger partial charge >= 0.3 is 0 Å². The van der Waals surface area contributed by atoms with E-state index in [0.29, 0.717) is 5.92 Å². The Hall–Kier alpha value is -0.943. The van der Waals surface area contributed by atoms with E-state index in [2.05, 4.69) is 59.2 Å². The van der Waals surface area contributed by atoms with Crippen LogP contribution in [0.25, 0.3) is 0 Å². The van der Waals surface area contributed by atoms with Crippen LogP contribution in [0.1, 0.15) is 62.8 Å². The standard InChI is InChI=1S/C21H32O2SSi/c1-15(2)19(23-25(6,7)21(3,4)5)17-13-14-24-20(17)18(22)16-11-9-8-10-12-16/h8-15,18-19,22H,1-7H3. The lowest BCUT2D eigenvalue weighted by atomic mass is 9.96. The average Bonchev–Trinajstić information content (AvgIpc) is 3.00. The van der Waals surface area contributed by atoms with Crippen molar-refractivity contribution in [3.8, 4) is 0 Å². The summed E-state index contributed by atoms with van der Waals surface area (Å²) < 4.78 is 6.77. The van der Waals surface area contributed by atoms with Crippen LogP contribution >= 0.6 is 11.3 Å². The summed E-state index contributed by atoms with van der Waals surface area (Å²) in [5.74, 6) is 0.352. The van der Waals surface area contributed by atoms with Crippen molar-refractivity contribution >= 4 is 19.7 Å². The molecule has 2 rings (SSSR count). The van der Waals surface area contributed by atoms with Crippen molar-refractivity contribution in [1.82, 2.24) is 0 Å². The summed E-state index contributed by atoms with van der Waals surface area (Å²) in [5.41, 5.74) is 2.07. The second-order valence-corrected chi connectivity index (χ2v) is 14.3. The van der Waals surface area contributed by atoms with Gasteiger partial charge < -0.3 is 9.53 Å². The maximum atomic E-state index is 10.9. The van der Waals surface area contributed by atoms with Gasteiger partial charge in [0, 0.05) is 4.88 Å². The number of benzene rings is 1. The summed E-state index contributed by atoms with van der Waals surface area (Å²) >= 11 is 1.62. The topological polar surface area (TPSA) is 29.5 Å². The second-order valence-electron chi connectivity index (χ2n) is 8.60. The molecule has 1 aromatic heterocycles. The molecule has 2 aromatic rings. The third kappa shape index (κ3) is 4.62. The number of aliphatic hydroxyl groups is 1. The minimum atomic E-state index is -1.90. The van der Waals surface area contributed by atoms with Crippen molar-refractivity contribution in [2.75, 3.05) is 0 Å². The molecule has 0 bridgehead atoms. The van der Waals surface area contributed by atoms with E-state index in [1.54, 1.807) is 11.3 Å². The first-order valence-corrected chi connectivity index (χ1v) is 12.8. The first-order chi connectivity index (χ1) is 11.5. The van der Waals surface area contributed by atoms with Gasteiger partial charge in [0.05, 0.1) is 6.10 Å². The third-order valence-electron chi connectivity index (χ3n) is 5.23. The van der Waals surface area contributed by atoms with E-state index < -0.39 is 14.4 Å². The second kappa shape index (κ2) is 7.75. The zero-order valence-corrected chi connectivity index (χ0v) is 18.4. The summed E-state index contributed by atoms with van der Waals surface area (Å²) in [6.45, 7) is 15.8. The van der Waals surface area contributed by atoms with Crippen LogP contribution in [0.4, 0.5) is 0 Å². The van der Waals surface area contributed by atoms with Crippen LogP contribution in [0.2, 0.25) is 18.1 Å². The molecule has 2 nitrogen and oxygen atoms in total. The zero-order chi connectivity index (χ0) is 18.8. The first kappa shape index (κ1) is 20.4. The molecule has 0 aliphatic carbocycles. The smallest absolute Gasteiger partial charge is 0.192 e. The Kier molecular flexibility index (Phi) is 6.31. The van der Waals surface area contributed by atoms with Crippen molar-refractivity contribution in [3.05, 3.63) is 57.8 Å². The van der Waals surface area contributed by atoms with Gasteiger partial charge in [0.2, 0.25) is 0 Å². The number of hydrogen-bond donors (Lipinski definition) is 1. The quantitative estimate of drug-likeness (QED) is 0.579. The van der Waals surface area contributed by atoms with Gasteiger partial charge in [-0.15, -0.1) is 11.3 Å². The van der Waals surface area contributed by atoms with Gasteiger partial charge in [-0.2, -0.15) is 0 Å². The summed E-state index contributed by atoms with van der Waals surface area (Å²) in [6.07, 6.45) is -0.582. The molecule has 2 atom stereocenters. The lowest BCUT2D eigenvalue weighted by molar-refractivity contribution is 0.131. The Bertz CT molecular complexity index is 671. The minimum Gasteiger partial charge on any atom is -0.410 e. The number of aliphatic hydroxyl groups excluding tert-OH is 1. The highest BCUT2D eigenvalue weighted by Crippen LogP contribution is 2.44. The minimum absolute atomic E-state index is 0.0144. The summed E-state index contributed by atoms with van der Waals surface area (Å²) in [6, 6.07) is 12.0. The SMILES string of the molecule is CC(C)C(O[Si](C)(C)C(C)(C)C)c1ccsc1C(O)c1ccccc1. The van der Waals surface area contributed by atoms with E-state index in [4.69, 9.17) is 4.43 Å². The van der Waals surface area contributed by atoms with Crippen molar-refractivity contribution in [2.45, 2.75) is 65.0 Å². The predicted molar refractivity (Wildman–Crippen MR) is 111 cm³/mol. The van der Waals surface area contributed by atoms with E-state index in [0.717, 1.165) is 16.0 Å². The molecule has 0 amide bonds. The van der Waals surface area contributed by atoms with Gasteiger partial charge in [-0.3, -0.25) is 0 Å². The Balaban J connectivity index is 2.37. The molecule has 0 saturated heterocycles. The lowest BCUT2D eigenvalue weighted by Gasteiger charge is -2.40. The van der Waals surface area contributed by atoms with E-state index in [9.17, 15) is 5.11 Å². The van der Waals surface area contributed by atoms with E-state index in [1.807, 2.05) is 30.3 Å². The van der Waals surface area contributed by atoms with Crippen LogP contribution in [0, 0.1) is 5.92 Å². The summed E-state index contributed by atoms with van der Waals surface area (Å²) in [5, 5.41) is 13.1. The van der Waals surface area contributed by atoms with Crippen LogP contribution in [-0.2, 0) is 4.43 Å². The number of thiophene rings is 1. The van der Waals surface area contributed by atoms with Crippen LogP contribution in [0.5, 0.6) is 0 Å². The normalized spacial score (nSPS) is 15.4. The molecular weight excluding hydrogens is 344 g/mol. The van der Waals surface area contributed by atoms with E-state index >= 15 is 0 Å². The molecule has 0 saturated carbocycles. The number of hydrogen-bond acceptors (Lipinski definition) is 3. The molecular formula is C21H32O2SSi. The molecule has 2 unspecified atom stereocenters. The van der Waals surface area contributed by atoms with Gasteiger partial charge in [-0.25, -0.2) is 0 Å². The fourth-order valence-corrected chi connectivity index (χ4v) is 4.96. The molecule has 0 aliphatic rings. The van der Waals surface area contributed by atoms with Crippen LogP contribution in [0.15, 0.2) is 41.8 Å². The van der Waals surface area contributed by atoms with Gasteiger partial charge in [0.1, 0.15) is 6.10 Å². The molecule has 25 heavy (non-hydrogen) atoms. The highest BCUT2D eigenvalue weighted by atomic mass is 32.1. The molecule has 1 N–H and O–H groups in total. The maximum Gasteiger partial charge on any atom is 0.192 e. The predicted octanol–water partition coefficient (Wildman–Crippen LogP) is 6.55. The van der Waals surface area contributed by atoms with Gasteiger partial charge in [0.15, 0.2) is 8.32 Å². The molecule has 0 fully saturated rings. The summed E-state index contributed by atoms with van der Waals surface area (Å²) in [4.78, 5) is 1.00. The van der Waals surface area contributed by atoms with Crippen molar-refractivity contribution in [3.63, 3.8) is 0 Å². The first-order valence-electron chi connectivity index (χ1n) is 9.02. The average molecular weight is 377 g/mol. The Morgan fingerprint density at radius 3 is 2.16 bits per heavy atom. The molecule has 1 aromatic carbocycles. The number of rotatable bonds is 6. The fraction of sp³-hybridized carbons (Fsp3) is 0.524. The van der Waals surface area contributed by atoms with Crippen LogP contribution in [-0.4, -0.2) is 13.4 Å². The molecule has 0 aliphatic heterocycles. The van der Waals surface area contributed by atoms with Crippen LogP contribution in [0.3, 0.4) is 0 Å². The van der Waals surface area contributed by atoms with Gasteiger partial charge in [-0.05, 0) is 46.6 Å². The molecule has 0 spiro atoms. The molecule has 4 heteroatoms. The molecule has 138 valence electrons. The largest absolute Gasteiger partial charge is 0.410 e. The zero-order valence-electron chi connectivity index (χ0n) is 16.5. The maximum absolute atomic E-state index is 10.9. The highest BCUT2D eigenvalue weighted by molar-refractivity contribution is 7.10. The Morgan fingerprint density at radius 2 is 1.64 bits per heavy atom. The highest BCUT2D eigenvalue weighted by Gasteiger charge is 2.40. The van der Waals surface area contributed by atoms with E-state index in [1.165, 1.54) is 0 Å². The molecule has 1 heterocycles. The van der Waals surface area contributed by atoms with Crippen molar-refractivity contribution in [1.29, 1.82) is 0 Å². The van der Waals surface area contributed by atoms with Crippen molar-refractivity contribution < 1.29 is 9.53 Å². The Labute approximate surface area is 158 Å². The third-order valence-corrected chi connectivity index (χ3v) is 10.7. The molecule has 0 radical (unpaired) electrons. The van der Waals surface area contributed by atoms with E-state index in [-0.39, 0.29) is 11.1 Å². The van der Waals surface area contributed by atoms with Gasteiger partial charge in [-0.1, -0.05) is 65.0 Å². The lowest BCUT2D eigenvalue weighted by Crippen LogP contribution is -2.42. The Morgan fingerprint density at radius 1 is 1.04 bits per heavy atom. The van der Waals surface area contributed by atoms with Crippen molar-refractivity contribution in [2.24, 2.45) is 5.92 Å². The van der Waals surface area contributed by atoms with Gasteiger partial charge in [0.25, 0.3) is 0 Å². The summed E-state index contributed by atoms with van der Waals surface area (Å²) in [7, 11) is -1.90. The fourth-order valence-electron chi connectivity index (χ4n) is 2.63. The monoisotopic (exact) mass is 376 g/mol.